The van der Waals surface area contributed by atoms with Crippen LogP contribution in [0.5, 0.6) is 0 Å². The molecule has 0 radical (unpaired) electrons. The average Bonchev–Trinajstić information content (AvgIpc) is 3.51. The molecule has 10 heteroatoms. The second kappa shape index (κ2) is 9.45. The summed E-state index contributed by atoms with van der Waals surface area (Å²) in [5.74, 6) is -3.52. The summed E-state index contributed by atoms with van der Waals surface area (Å²) in [6, 6.07) is 12.9. The lowest BCUT2D eigenvalue weighted by Crippen LogP contribution is -2.50. The summed E-state index contributed by atoms with van der Waals surface area (Å²) in [7, 11) is 0. The largest absolute Gasteiger partial charge is 0.333 e. The fourth-order valence-electron chi connectivity index (χ4n) is 4.92. The lowest BCUT2D eigenvalue weighted by Gasteiger charge is -2.30. The van der Waals surface area contributed by atoms with E-state index >= 15 is 0 Å². The number of nitrogens with zero attached hydrogens (tertiary/aromatic N) is 3. The summed E-state index contributed by atoms with van der Waals surface area (Å²) in [6.07, 6.45) is 2.72. The first-order chi connectivity index (χ1) is 17.8. The third-order valence-corrected chi connectivity index (χ3v) is 6.64. The molecule has 37 heavy (non-hydrogen) atoms. The summed E-state index contributed by atoms with van der Waals surface area (Å²) in [5, 5.41) is 2.46. The molecule has 2 aliphatic heterocycles. The van der Waals surface area contributed by atoms with Gasteiger partial charge in [-0.25, -0.2) is 9.80 Å². The first kappa shape index (κ1) is 24.1. The molecule has 0 spiro atoms. The minimum atomic E-state index is -0.676. The molecular formula is C27H23N3O7. The van der Waals surface area contributed by atoms with Gasteiger partial charge in [0.15, 0.2) is 0 Å². The van der Waals surface area contributed by atoms with Gasteiger partial charge in [-0.15, -0.1) is 5.06 Å². The topological polar surface area (TPSA) is 121 Å². The quantitative estimate of drug-likeness (QED) is 0.535. The first-order valence-corrected chi connectivity index (χ1v) is 12.0. The highest BCUT2D eigenvalue weighted by atomic mass is 16.7. The van der Waals surface area contributed by atoms with E-state index in [0.717, 1.165) is 44.4 Å². The molecule has 1 fully saturated rings. The number of carbonyl (C=O) groups is 6. The molecule has 0 saturated carbocycles. The molecule has 5 rings (SSSR count). The number of anilines is 1. The molecule has 10 nitrogen and oxygen atoms in total. The zero-order valence-electron chi connectivity index (χ0n) is 20.0. The predicted octanol–water partition coefficient (Wildman–Crippen LogP) is 2.77. The lowest BCUT2D eigenvalue weighted by molar-refractivity contribution is -0.197. The maximum absolute atomic E-state index is 12.8. The Balaban J connectivity index is 1.43. The monoisotopic (exact) mass is 501 g/mol. The fourth-order valence-corrected chi connectivity index (χ4v) is 4.92. The van der Waals surface area contributed by atoms with Crippen molar-refractivity contribution < 1.29 is 33.6 Å². The Morgan fingerprint density at radius 2 is 1.57 bits per heavy atom. The third-order valence-electron chi connectivity index (χ3n) is 6.64. The van der Waals surface area contributed by atoms with Gasteiger partial charge in [0, 0.05) is 43.8 Å². The number of hydroxylamine groups is 2. The van der Waals surface area contributed by atoms with Gasteiger partial charge in [-0.2, -0.15) is 5.01 Å². The molecule has 3 aliphatic rings. The molecule has 2 heterocycles. The van der Waals surface area contributed by atoms with Crippen LogP contribution in [0.2, 0.25) is 0 Å². The van der Waals surface area contributed by atoms with Crippen molar-refractivity contribution in [3.63, 3.8) is 0 Å². The minimum absolute atomic E-state index is 0.0276. The third kappa shape index (κ3) is 4.20. The Kier molecular flexibility index (Phi) is 6.16. The molecule has 1 aliphatic carbocycles. The van der Waals surface area contributed by atoms with Crippen LogP contribution in [-0.4, -0.2) is 45.6 Å². The number of hydrogen-bond acceptors (Lipinski definition) is 7. The molecule has 0 aromatic heterocycles. The minimum Gasteiger partial charge on any atom is -0.330 e. The molecular weight excluding hydrogens is 478 g/mol. The van der Waals surface area contributed by atoms with Crippen molar-refractivity contribution >= 4 is 41.2 Å². The van der Waals surface area contributed by atoms with E-state index in [9.17, 15) is 28.8 Å². The number of imide groups is 2. The Morgan fingerprint density at radius 3 is 2.24 bits per heavy atom. The zero-order valence-corrected chi connectivity index (χ0v) is 20.0. The summed E-state index contributed by atoms with van der Waals surface area (Å²) >= 11 is 0. The number of amides is 5. The maximum atomic E-state index is 12.8. The van der Waals surface area contributed by atoms with Gasteiger partial charge in [-0.1, -0.05) is 37.3 Å². The summed E-state index contributed by atoms with van der Waals surface area (Å²) in [5.41, 5.74) is 3.98. The Morgan fingerprint density at radius 1 is 0.919 bits per heavy atom. The molecule has 188 valence electrons. The van der Waals surface area contributed by atoms with Gasteiger partial charge in [0.2, 0.25) is 5.91 Å². The number of rotatable bonds is 7. The highest BCUT2D eigenvalue weighted by Gasteiger charge is 2.36. The molecule has 0 N–H and O–H groups in total. The summed E-state index contributed by atoms with van der Waals surface area (Å²) < 4.78 is 0. The van der Waals surface area contributed by atoms with Crippen LogP contribution in [0.25, 0.3) is 11.1 Å². The van der Waals surface area contributed by atoms with E-state index in [1.54, 1.807) is 19.1 Å². The normalized spacial score (nSPS) is 17.9. The Hall–Kier alpha value is -4.60. The van der Waals surface area contributed by atoms with Gasteiger partial charge in [0.1, 0.15) is 0 Å². The Labute approximate surface area is 212 Å². The number of fused-ring (bicyclic) bond motifs is 3. The van der Waals surface area contributed by atoms with Gasteiger partial charge in [-0.3, -0.25) is 24.0 Å². The lowest BCUT2D eigenvalue weighted by atomic mass is 9.92. The average molecular weight is 501 g/mol. The maximum Gasteiger partial charge on any atom is 0.333 e. The van der Waals surface area contributed by atoms with Gasteiger partial charge in [-0.05, 0) is 40.8 Å². The van der Waals surface area contributed by atoms with Crippen molar-refractivity contribution in [3.8, 4) is 11.1 Å². The van der Waals surface area contributed by atoms with Crippen LogP contribution in [-0.2, 0) is 33.6 Å². The summed E-state index contributed by atoms with van der Waals surface area (Å²) in [4.78, 5) is 78.5. The highest BCUT2D eigenvalue weighted by Crippen LogP contribution is 2.48. The molecule has 1 atom stereocenters. The molecule has 2 aromatic rings. The van der Waals surface area contributed by atoms with Crippen molar-refractivity contribution in [2.75, 3.05) is 5.01 Å². The van der Waals surface area contributed by atoms with Crippen LogP contribution in [0.1, 0.15) is 56.1 Å². The van der Waals surface area contributed by atoms with Crippen LogP contribution in [0.3, 0.4) is 0 Å². The van der Waals surface area contributed by atoms with Crippen molar-refractivity contribution in [1.82, 2.24) is 10.1 Å². The SMILES string of the molecule is CCC(=O)N(c1ccc2c(c1)-c1ccccc1C2CCC(=O)ON1C(=O)CCC1=O)N1C(=O)C=CC1=O. The van der Waals surface area contributed by atoms with E-state index in [0.29, 0.717) is 17.2 Å². The predicted molar refractivity (Wildman–Crippen MR) is 129 cm³/mol. The molecule has 0 bridgehead atoms. The molecule has 1 unspecified atom stereocenters. The van der Waals surface area contributed by atoms with Crippen molar-refractivity contribution in [2.45, 2.75) is 44.9 Å². The van der Waals surface area contributed by atoms with Crippen LogP contribution in [0.4, 0.5) is 5.69 Å². The van der Waals surface area contributed by atoms with Crippen LogP contribution >= 0.6 is 0 Å². The molecule has 2 aromatic carbocycles. The number of hydrogen-bond donors (Lipinski definition) is 0. The Bertz CT molecular complexity index is 1360. The van der Waals surface area contributed by atoms with Gasteiger partial charge < -0.3 is 4.84 Å². The standard InChI is InChI=1S/C27H23N3O7/c1-2-22(31)28(29-23(32)10-11-24(29)33)16-7-8-20-19(17-5-3-4-6-18(17)21(20)15-16)9-14-27(36)37-30-25(34)12-13-26(30)35/h3-8,10-11,15,19H,2,9,12-14H2,1H3. The van der Waals surface area contributed by atoms with Crippen LogP contribution < -0.4 is 5.01 Å². The van der Waals surface area contributed by atoms with Crippen molar-refractivity contribution in [3.05, 3.63) is 65.7 Å². The molecule has 5 amide bonds. The number of carbonyl (C=O) groups excluding carboxylic acids is 6. The second-order valence-electron chi connectivity index (χ2n) is 8.88. The second-order valence-corrected chi connectivity index (χ2v) is 8.88. The van der Waals surface area contributed by atoms with E-state index in [1.807, 2.05) is 30.3 Å². The van der Waals surface area contributed by atoms with E-state index in [-0.39, 0.29) is 31.6 Å². The van der Waals surface area contributed by atoms with Gasteiger partial charge in [0.05, 0.1) is 5.69 Å². The van der Waals surface area contributed by atoms with Crippen LogP contribution in [0, 0.1) is 0 Å². The van der Waals surface area contributed by atoms with E-state index in [1.165, 1.54) is 0 Å². The van der Waals surface area contributed by atoms with Crippen molar-refractivity contribution in [1.29, 1.82) is 0 Å². The first-order valence-electron chi connectivity index (χ1n) is 12.0. The summed E-state index contributed by atoms with van der Waals surface area (Å²) in [6.45, 7) is 1.65. The van der Waals surface area contributed by atoms with E-state index < -0.39 is 35.5 Å². The van der Waals surface area contributed by atoms with E-state index in [2.05, 4.69) is 0 Å². The highest BCUT2D eigenvalue weighted by molar-refractivity contribution is 6.17. The number of benzene rings is 2. The van der Waals surface area contributed by atoms with Gasteiger partial charge in [0.25, 0.3) is 23.6 Å². The van der Waals surface area contributed by atoms with Crippen LogP contribution in [0.15, 0.2) is 54.6 Å². The smallest absolute Gasteiger partial charge is 0.330 e. The van der Waals surface area contributed by atoms with Gasteiger partial charge >= 0.3 is 5.97 Å². The fraction of sp³-hybridized carbons (Fsp3) is 0.259. The molecule has 1 saturated heterocycles. The van der Waals surface area contributed by atoms with Crippen molar-refractivity contribution in [2.24, 2.45) is 0 Å². The van der Waals surface area contributed by atoms with E-state index in [4.69, 9.17) is 4.84 Å². The zero-order chi connectivity index (χ0) is 26.3. The number of hydrazine groups is 1.